The summed E-state index contributed by atoms with van der Waals surface area (Å²) in [7, 11) is -0.724. The Morgan fingerprint density at radius 3 is 1.92 bits per heavy atom. The van der Waals surface area contributed by atoms with E-state index in [1.807, 2.05) is 0 Å². The molecule has 0 radical (unpaired) electrons. The maximum absolute atomic E-state index is 3.65. The molecule has 0 aliphatic heterocycles. The van der Waals surface area contributed by atoms with Crippen LogP contribution in [0.1, 0.15) is 34.6 Å². The Balaban J connectivity index is 3.64. The molecule has 0 unspecified atom stereocenters. The third-order valence-electron chi connectivity index (χ3n) is 2.15. The Morgan fingerprint density at radius 1 is 1.08 bits per heavy atom. The van der Waals surface area contributed by atoms with Crippen LogP contribution in [0.4, 0.5) is 0 Å². The molecule has 0 aromatic carbocycles. The molecule has 2 N–H and O–H groups in total. The third-order valence-corrected chi connectivity index (χ3v) is 5.70. The van der Waals surface area contributed by atoms with Gasteiger partial charge in [0.05, 0.1) is 0 Å². The maximum Gasteiger partial charge on any atom is 0.115 e. The van der Waals surface area contributed by atoms with Gasteiger partial charge in [-0.25, -0.2) is 0 Å². The topological polar surface area (TPSA) is 24.1 Å². The number of hydrogen-bond acceptors (Lipinski definition) is 2. The first-order valence-electron chi connectivity index (χ1n) is 5.03. The molecular weight excluding hydrogens is 164 g/mol. The van der Waals surface area contributed by atoms with Crippen LogP contribution in [-0.4, -0.2) is 22.2 Å². The van der Waals surface area contributed by atoms with Gasteiger partial charge in [0.2, 0.25) is 0 Å². The Kier molecular flexibility index (Phi) is 6.71. The lowest BCUT2D eigenvalue weighted by molar-refractivity contribution is 0.682. The summed E-state index contributed by atoms with van der Waals surface area (Å²) in [5.41, 5.74) is 1.70. The molecule has 0 fully saturated rings. The molecule has 0 aliphatic carbocycles. The largest absolute Gasteiger partial charge is 0.327 e. The van der Waals surface area contributed by atoms with E-state index < -0.39 is 8.96 Å². The molecule has 12 heavy (non-hydrogen) atoms. The molecule has 0 amide bonds. The lowest BCUT2D eigenvalue weighted by Gasteiger charge is -2.24. The van der Waals surface area contributed by atoms with Crippen LogP contribution in [0.15, 0.2) is 0 Å². The zero-order valence-electron chi connectivity index (χ0n) is 9.15. The number of rotatable bonds is 6. The summed E-state index contributed by atoms with van der Waals surface area (Å²) >= 11 is 0. The predicted octanol–water partition coefficient (Wildman–Crippen LogP) is 1.69. The van der Waals surface area contributed by atoms with Gasteiger partial charge < -0.3 is 10.3 Å². The molecule has 0 atom stereocenters. The standard InChI is InChI=1S/C9H24N2Si/c1-6-10-7-11-12(8(2)3)9(4)5/h8-12H,6-7H2,1-5H3. The fourth-order valence-corrected chi connectivity index (χ4v) is 4.42. The third kappa shape index (κ3) is 4.90. The molecule has 3 heteroatoms. The molecule has 0 spiro atoms. The summed E-state index contributed by atoms with van der Waals surface area (Å²) in [6.07, 6.45) is 0. The number of nitrogens with one attached hydrogen (secondary N) is 2. The molecule has 0 bridgehead atoms. The van der Waals surface area contributed by atoms with Gasteiger partial charge in [-0.15, -0.1) is 0 Å². The van der Waals surface area contributed by atoms with E-state index in [1.54, 1.807) is 0 Å². The first-order valence-corrected chi connectivity index (χ1v) is 6.94. The number of hydrogen-bond donors (Lipinski definition) is 2. The van der Waals surface area contributed by atoms with Crippen molar-refractivity contribution in [1.29, 1.82) is 0 Å². The van der Waals surface area contributed by atoms with Gasteiger partial charge in [-0.05, 0) is 17.6 Å². The highest BCUT2D eigenvalue weighted by molar-refractivity contribution is 6.59. The van der Waals surface area contributed by atoms with Crippen LogP contribution in [0.25, 0.3) is 0 Å². The fourth-order valence-electron chi connectivity index (χ4n) is 1.56. The zero-order chi connectivity index (χ0) is 9.56. The van der Waals surface area contributed by atoms with Crippen LogP contribution in [0.3, 0.4) is 0 Å². The van der Waals surface area contributed by atoms with Crippen molar-refractivity contribution < 1.29 is 0 Å². The molecule has 2 nitrogen and oxygen atoms in total. The van der Waals surface area contributed by atoms with E-state index in [2.05, 4.69) is 44.9 Å². The van der Waals surface area contributed by atoms with Crippen molar-refractivity contribution >= 4 is 8.96 Å². The van der Waals surface area contributed by atoms with Crippen LogP contribution in [0.2, 0.25) is 11.1 Å². The minimum atomic E-state index is -0.724. The lowest BCUT2D eigenvalue weighted by atomic mass is 10.5. The monoisotopic (exact) mass is 188 g/mol. The second-order valence-electron chi connectivity index (χ2n) is 4.00. The van der Waals surface area contributed by atoms with E-state index >= 15 is 0 Å². The predicted molar refractivity (Wildman–Crippen MR) is 59.0 cm³/mol. The highest BCUT2D eigenvalue weighted by atomic mass is 28.3. The van der Waals surface area contributed by atoms with Gasteiger partial charge in [0.1, 0.15) is 8.96 Å². The average molecular weight is 188 g/mol. The van der Waals surface area contributed by atoms with E-state index in [0.717, 1.165) is 24.3 Å². The smallest absolute Gasteiger partial charge is 0.115 e. The molecule has 0 saturated heterocycles. The van der Waals surface area contributed by atoms with Crippen LogP contribution < -0.4 is 10.3 Å². The minimum Gasteiger partial charge on any atom is -0.327 e. The van der Waals surface area contributed by atoms with Crippen molar-refractivity contribution in [3.8, 4) is 0 Å². The lowest BCUT2D eigenvalue weighted by Crippen LogP contribution is -2.44. The highest BCUT2D eigenvalue weighted by Gasteiger charge is 2.17. The van der Waals surface area contributed by atoms with Gasteiger partial charge >= 0.3 is 0 Å². The molecule has 0 rings (SSSR count). The van der Waals surface area contributed by atoms with E-state index in [4.69, 9.17) is 0 Å². The van der Waals surface area contributed by atoms with Crippen molar-refractivity contribution in [2.75, 3.05) is 13.2 Å². The molecule has 0 aliphatic rings. The first kappa shape index (κ1) is 12.1. The van der Waals surface area contributed by atoms with Gasteiger partial charge in [0.25, 0.3) is 0 Å². The summed E-state index contributed by atoms with van der Waals surface area (Å²) in [4.78, 5) is 3.65. The summed E-state index contributed by atoms with van der Waals surface area (Å²) in [6, 6.07) is 0. The van der Waals surface area contributed by atoms with Gasteiger partial charge in [0.15, 0.2) is 0 Å². The van der Waals surface area contributed by atoms with Crippen LogP contribution in [0, 0.1) is 0 Å². The van der Waals surface area contributed by atoms with Crippen molar-refractivity contribution in [2.45, 2.75) is 45.7 Å². The van der Waals surface area contributed by atoms with E-state index in [-0.39, 0.29) is 0 Å². The minimum absolute atomic E-state index is 0.724. The van der Waals surface area contributed by atoms with E-state index in [0.29, 0.717) is 0 Å². The van der Waals surface area contributed by atoms with Gasteiger partial charge in [-0.2, -0.15) is 0 Å². The van der Waals surface area contributed by atoms with E-state index in [1.165, 1.54) is 0 Å². The van der Waals surface area contributed by atoms with Gasteiger partial charge in [-0.1, -0.05) is 34.6 Å². The van der Waals surface area contributed by atoms with Crippen LogP contribution in [0.5, 0.6) is 0 Å². The van der Waals surface area contributed by atoms with Crippen LogP contribution in [-0.2, 0) is 0 Å². The second-order valence-corrected chi connectivity index (χ2v) is 8.12. The molecule has 0 aromatic rings. The molecule has 0 aromatic heterocycles. The molecule has 74 valence electrons. The summed E-state index contributed by atoms with van der Waals surface area (Å²) in [6.45, 7) is 13.5. The summed E-state index contributed by atoms with van der Waals surface area (Å²) in [5.74, 6) is 0. The average Bonchev–Trinajstić information content (AvgIpc) is 1.96. The zero-order valence-corrected chi connectivity index (χ0v) is 10.3. The molecule has 0 saturated carbocycles. The normalized spacial score (nSPS) is 12.0. The van der Waals surface area contributed by atoms with Gasteiger partial charge in [0, 0.05) is 6.67 Å². The quantitative estimate of drug-likeness (QED) is 0.376. The van der Waals surface area contributed by atoms with Crippen molar-refractivity contribution in [1.82, 2.24) is 10.3 Å². The Bertz CT molecular complexity index is 96.7. The Hall–Kier alpha value is 0.137. The van der Waals surface area contributed by atoms with E-state index in [9.17, 15) is 0 Å². The van der Waals surface area contributed by atoms with Crippen LogP contribution >= 0.6 is 0 Å². The van der Waals surface area contributed by atoms with Crippen molar-refractivity contribution in [2.24, 2.45) is 0 Å². The Morgan fingerprint density at radius 2 is 1.58 bits per heavy atom. The first-order chi connectivity index (χ1) is 5.59. The molecule has 0 heterocycles. The fraction of sp³-hybridized carbons (Fsp3) is 1.00. The van der Waals surface area contributed by atoms with Crippen molar-refractivity contribution in [3.05, 3.63) is 0 Å². The molecular formula is C9H24N2Si. The van der Waals surface area contributed by atoms with Gasteiger partial charge in [-0.3, -0.25) is 0 Å². The summed E-state index contributed by atoms with van der Waals surface area (Å²) < 4.78 is 0. The summed E-state index contributed by atoms with van der Waals surface area (Å²) in [5, 5.41) is 3.31. The maximum atomic E-state index is 3.65. The van der Waals surface area contributed by atoms with Crippen molar-refractivity contribution in [3.63, 3.8) is 0 Å². The highest BCUT2D eigenvalue weighted by Crippen LogP contribution is 2.16. The second kappa shape index (κ2) is 6.63. The Labute approximate surface area is 78.8 Å². The SMILES string of the molecule is CCNCN[SiH](C(C)C)C(C)C.